The van der Waals surface area contributed by atoms with Gasteiger partial charge in [0.15, 0.2) is 9.84 Å². The molecule has 2 N–H and O–H groups in total. The van der Waals surface area contributed by atoms with Crippen molar-refractivity contribution in [1.29, 1.82) is 0 Å². The molecule has 29 heavy (non-hydrogen) atoms. The van der Waals surface area contributed by atoms with E-state index in [1.54, 1.807) is 4.90 Å². The smallest absolute Gasteiger partial charge is 0.239 e. The number of carbonyl (C=O) groups excluding carboxylic acids is 1. The summed E-state index contributed by atoms with van der Waals surface area (Å²) in [4.78, 5) is 16.4. The van der Waals surface area contributed by atoms with E-state index >= 15 is 0 Å². The second-order valence-corrected chi connectivity index (χ2v) is 10.3. The maximum absolute atomic E-state index is 13.1. The summed E-state index contributed by atoms with van der Waals surface area (Å²) in [6, 6.07) is 6.49. The van der Waals surface area contributed by atoms with Crippen molar-refractivity contribution in [3.05, 3.63) is 48.3 Å². The van der Waals surface area contributed by atoms with Gasteiger partial charge in [0.2, 0.25) is 5.91 Å². The van der Waals surface area contributed by atoms with Crippen LogP contribution in [0.1, 0.15) is 30.7 Å². The van der Waals surface area contributed by atoms with Gasteiger partial charge in [-0.1, -0.05) is 18.2 Å². The highest BCUT2D eigenvalue weighted by Crippen LogP contribution is 2.44. The number of amides is 1. The molecule has 1 saturated carbocycles. The van der Waals surface area contributed by atoms with Crippen LogP contribution in [0.15, 0.2) is 36.9 Å². The van der Waals surface area contributed by atoms with Gasteiger partial charge in [-0.05, 0) is 43.5 Å². The van der Waals surface area contributed by atoms with Gasteiger partial charge in [-0.15, -0.1) is 6.58 Å². The first kappa shape index (κ1) is 21.9. The minimum absolute atomic E-state index is 0.0189. The maximum atomic E-state index is 13.1. The molecular weight excluding hydrogens is 393 g/mol. The van der Waals surface area contributed by atoms with E-state index in [0.29, 0.717) is 18.4 Å². The Kier molecular flexibility index (Phi) is 7.08. The van der Waals surface area contributed by atoms with Crippen LogP contribution in [0.4, 0.5) is 4.39 Å². The molecule has 1 saturated heterocycles. The minimum Gasteiger partial charge on any atom is -0.339 e. The van der Waals surface area contributed by atoms with Crippen LogP contribution < -0.4 is 5.73 Å². The summed E-state index contributed by atoms with van der Waals surface area (Å²) in [5, 5.41) is 0. The second-order valence-electron chi connectivity index (χ2n) is 7.97. The van der Waals surface area contributed by atoms with E-state index in [0.717, 1.165) is 31.5 Å². The Labute approximate surface area is 172 Å². The Balaban J connectivity index is 1.45. The Morgan fingerprint density at radius 1 is 1.31 bits per heavy atom. The van der Waals surface area contributed by atoms with E-state index in [4.69, 9.17) is 5.73 Å². The molecule has 2 fully saturated rings. The Hall–Kier alpha value is -1.77. The summed E-state index contributed by atoms with van der Waals surface area (Å²) in [5.41, 5.74) is 7.24. The fraction of sp³-hybridized carbons (Fsp3) is 0.571. The minimum atomic E-state index is -3.01. The van der Waals surface area contributed by atoms with E-state index < -0.39 is 15.9 Å². The first-order chi connectivity index (χ1) is 13.8. The molecule has 0 spiro atoms. The van der Waals surface area contributed by atoms with Gasteiger partial charge >= 0.3 is 0 Å². The van der Waals surface area contributed by atoms with Crippen molar-refractivity contribution in [1.82, 2.24) is 9.80 Å². The number of hydrogen-bond acceptors (Lipinski definition) is 5. The summed E-state index contributed by atoms with van der Waals surface area (Å²) < 4.78 is 36.2. The van der Waals surface area contributed by atoms with Crippen molar-refractivity contribution in [3.8, 4) is 0 Å². The molecule has 0 aromatic heterocycles. The molecule has 1 aromatic rings. The topological polar surface area (TPSA) is 83.7 Å². The van der Waals surface area contributed by atoms with Gasteiger partial charge in [0.25, 0.3) is 0 Å². The van der Waals surface area contributed by atoms with Gasteiger partial charge in [0.1, 0.15) is 5.82 Å². The second kappa shape index (κ2) is 9.36. The van der Waals surface area contributed by atoms with Gasteiger partial charge in [-0.25, -0.2) is 12.8 Å². The summed E-state index contributed by atoms with van der Waals surface area (Å²) in [6.07, 6.45) is 4.25. The van der Waals surface area contributed by atoms with Crippen LogP contribution in [0, 0.1) is 5.82 Å². The third kappa shape index (κ3) is 5.87. The van der Waals surface area contributed by atoms with Crippen LogP contribution in [0.2, 0.25) is 0 Å². The van der Waals surface area contributed by atoms with Gasteiger partial charge in [0.05, 0.1) is 17.5 Å². The van der Waals surface area contributed by atoms with Crippen LogP contribution >= 0.6 is 0 Å². The first-order valence-electron chi connectivity index (χ1n) is 10.2. The average molecular weight is 424 g/mol. The van der Waals surface area contributed by atoms with Crippen molar-refractivity contribution in [2.45, 2.75) is 37.3 Å². The van der Waals surface area contributed by atoms with E-state index in [-0.39, 0.29) is 36.3 Å². The number of halogens is 1. The number of nitrogens with two attached hydrogens (primary N) is 1. The zero-order valence-corrected chi connectivity index (χ0v) is 17.5. The van der Waals surface area contributed by atoms with Crippen molar-refractivity contribution in [3.63, 3.8) is 0 Å². The van der Waals surface area contributed by atoms with E-state index in [9.17, 15) is 17.6 Å². The monoisotopic (exact) mass is 423 g/mol. The van der Waals surface area contributed by atoms with Crippen molar-refractivity contribution < 1.29 is 17.6 Å². The number of rotatable bonds is 9. The van der Waals surface area contributed by atoms with Crippen LogP contribution in [0.3, 0.4) is 0 Å². The molecule has 3 rings (SSSR count). The predicted molar refractivity (Wildman–Crippen MR) is 112 cm³/mol. The summed E-state index contributed by atoms with van der Waals surface area (Å²) in [7, 11) is -3.01. The Morgan fingerprint density at radius 2 is 1.97 bits per heavy atom. The third-order valence-electron chi connectivity index (χ3n) is 5.82. The lowest BCUT2D eigenvalue weighted by molar-refractivity contribution is -0.132. The Morgan fingerprint density at radius 3 is 2.59 bits per heavy atom. The van der Waals surface area contributed by atoms with Gasteiger partial charge < -0.3 is 10.6 Å². The standard InChI is InChI=1S/C21H30FN3O3S/c1-2-9-24(20-15-18(20)16-5-7-17(22)8-6-16)10-3-4-19(23)21(26)25-11-13-29(27,28)14-12-25/h2,5-8,18-20H,1,3-4,9-15,23H2/t18-,19-,20?/m0/s1. The van der Waals surface area contributed by atoms with E-state index in [1.165, 1.54) is 12.1 Å². The molecule has 0 radical (unpaired) electrons. The summed E-state index contributed by atoms with van der Waals surface area (Å²) in [6.45, 7) is 5.88. The predicted octanol–water partition coefficient (Wildman–Crippen LogP) is 1.53. The molecule has 8 heteroatoms. The molecular formula is C21H30FN3O3S. The summed E-state index contributed by atoms with van der Waals surface area (Å²) in [5.74, 6) is 0.0570. The maximum Gasteiger partial charge on any atom is 0.239 e. The number of hydrogen-bond donors (Lipinski definition) is 1. The highest BCUT2D eigenvalue weighted by molar-refractivity contribution is 7.91. The number of sulfone groups is 1. The molecule has 1 aliphatic heterocycles. The zero-order valence-electron chi connectivity index (χ0n) is 16.7. The molecule has 1 heterocycles. The van der Waals surface area contributed by atoms with Gasteiger partial charge in [0, 0.05) is 31.6 Å². The molecule has 1 aliphatic carbocycles. The molecule has 0 bridgehead atoms. The van der Waals surface area contributed by atoms with Crippen LogP contribution in [-0.2, 0) is 14.6 Å². The quantitative estimate of drug-likeness (QED) is 0.609. The fourth-order valence-electron chi connectivity index (χ4n) is 4.02. The normalized spacial score (nSPS) is 24.3. The average Bonchev–Trinajstić information content (AvgIpc) is 3.48. The summed E-state index contributed by atoms with van der Waals surface area (Å²) >= 11 is 0. The van der Waals surface area contributed by atoms with Crippen LogP contribution in [-0.4, -0.2) is 73.9 Å². The number of carbonyl (C=O) groups is 1. The Bertz CT molecular complexity index is 814. The number of benzene rings is 1. The lowest BCUT2D eigenvalue weighted by atomic mass is 10.1. The highest BCUT2D eigenvalue weighted by atomic mass is 32.2. The molecule has 160 valence electrons. The van der Waals surface area contributed by atoms with Crippen LogP contribution in [0.5, 0.6) is 0 Å². The zero-order chi connectivity index (χ0) is 21.0. The first-order valence-corrected chi connectivity index (χ1v) is 12.0. The fourth-order valence-corrected chi connectivity index (χ4v) is 5.22. The molecule has 1 aromatic carbocycles. The van der Waals surface area contributed by atoms with Gasteiger partial charge in [-0.2, -0.15) is 0 Å². The van der Waals surface area contributed by atoms with Crippen molar-refractivity contribution in [2.75, 3.05) is 37.7 Å². The van der Waals surface area contributed by atoms with E-state index in [1.807, 2.05) is 18.2 Å². The highest BCUT2D eigenvalue weighted by Gasteiger charge is 2.42. The lowest BCUT2D eigenvalue weighted by Crippen LogP contribution is -2.50. The third-order valence-corrected chi connectivity index (χ3v) is 7.43. The molecule has 6 nitrogen and oxygen atoms in total. The molecule has 2 aliphatic rings. The van der Waals surface area contributed by atoms with Crippen molar-refractivity contribution >= 4 is 15.7 Å². The number of nitrogens with zero attached hydrogens (tertiary/aromatic N) is 2. The lowest BCUT2D eigenvalue weighted by Gasteiger charge is -2.29. The van der Waals surface area contributed by atoms with E-state index in [2.05, 4.69) is 11.5 Å². The molecule has 3 atom stereocenters. The largest absolute Gasteiger partial charge is 0.339 e. The van der Waals surface area contributed by atoms with Gasteiger partial charge in [-0.3, -0.25) is 9.69 Å². The van der Waals surface area contributed by atoms with Crippen LogP contribution in [0.25, 0.3) is 0 Å². The van der Waals surface area contributed by atoms with Crippen molar-refractivity contribution in [2.24, 2.45) is 5.73 Å². The molecule has 1 unspecified atom stereocenters. The SMILES string of the molecule is C=CCN(CCC[C@H](N)C(=O)N1CCS(=O)(=O)CC1)C1C[C@H]1c1ccc(F)cc1. The molecule has 1 amide bonds.